The van der Waals surface area contributed by atoms with Crippen LogP contribution in [0.25, 0.3) is 0 Å². The first-order valence-electron chi connectivity index (χ1n) is 5.65. The minimum absolute atomic E-state index is 0.0342. The number of aliphatic hydroxyl groups excluding tert-OH is 1. The summed E-state index contributed by atoms with van der Waals surface area (Å²) in [6.45, 7) is 0. The molecule has 0 aliphatic rings. The van der Waals surface area contributed by atoms with Crippen LogP contribution in [0, 0.1) is 23.3 Å². The molecule has 2 aromatic rings. The van der Waals surface area contributed by atoms with Gasteiger partial charge in [0.1, 0.15) is 23.3 Å². The van der Waals surface area contributed by atoms with Crippen molar-refractivity contribution in [1.29, 1.82) is 0 Å². The molecule has 0 saturated carbocycles. The smallest absolute Gasteiger partial charge is 0.134 e. The minimum Gasteiger partial charge on any atom is -0.388 e. The molecule has 0 aromatic heterocycles. The quantitative estimate of drug-likeness (QED) is 0.844. The second kappa shape index (κ2) is 5.81. The fourth-order valence-corrected chi connectivity index (χ4v) is 2.13. The Morgan fingerprint density at radius 1 is 1.00 bits per heavy atom. The van der Waals surface area contributed by atoms with E-state index in [-0.39, 0.29) is 10.6 Å². The molecule has 0 saturated heterocycles. The summed E-state index contributed by atoms with van der Waals surface area (Å²) >= 11 is 5.77. The number of hydrogen-bond acceptors (Lipinski definition) is 1. The van der Waals surface area contributed by atoms with Gasteiger partial charge in [-0.15, -0.1) is 0 Å². The Hall–Kier alpha value is -1.59. The van der Waals surface area contributed by atoms with Crippen molar-refractivity contribution in [3.63, 3.8) is 0 Å². The number of benzene rings is 2. The Morgan fingerprint density at radius 2 is 1.60 bits per heavy atom. The van der Waals surface area contributed by atoms with Gasteiger partial charge in [0.05, 0.1) is 11.7 Å². The van der Waals surface area contributed by atoms with Crippen LogP contribution >= 0.6 is 11.6 Å². The third-order valence-electron chi connectivity index (χ3n) is 2.84. The van der Waals surface area contributed by atoms with Crippen LogP contribution in [0.2, 0.25) is 5.02 Å². The third-order valence-corrected chi connectivity index (χ3v) is 3.19. The average Bonchev–Trinajstić information content (AvgIpc) is 2.32. The van der Waals surface area contributed by atoms with Crippen molar-refractivity contribution in [3.8, 4) is 0 Å². The van der Waals surface area contributed by atoms with Crippen molar-refractivity contribution in [2.45, 2.75) is 12.5 Å². The van der Waals surface area contributed by atoms with Gasteiger partial charge in [-0.25, -0.2) is 17.6 Å². The highest BCUT2D eigenvalue weighted by Gasteiger charge is 2.22. The third kappa shape index (κ3) is 2.94. The van der Waals surface area contributed by atoms with E-state index in [2.05, 4.69) is 0 Å². The fourth-order valence-electron chi connectivity index (χ4n) is 1.89. The maximum Gasteiger partial charge on any atom is 0.134 e. The zero-order valence-electron chi connectivity index (χ0n) is 10.0. The van der Waals surface area contributed by atoms with Crippen molar-refractivity contribution in [3.05, 3.63) is 69.8 Å². The lowest BCUT2D eigenvalue weighted by Gasteiger charge is -2.14. The van der Waals surface area contributed by atoms with Crippen molar-refractivity contribution in [1.82, 2.24) is 0 Å². The monoisotopic (exact) mass is 304 g/mol. The molecule has 0 spiro atoms. The van der Waals surface area contributed by atoms with Gasteiger partial charge >= 0.3 is 0 Å². The van der Waals surface area contributed by atoms with Crippen molar-refractivity contribution in [2.75, 3.05) is 0 Å². The molecule has 0 amide bonds. The number of rotatable bonds is 3. The van der Waals surface area contributed by atoms with Crippen LogP contribution in [0.3, 0.4) is 0 Å². The number of halogens is 5. The van der Waals surface area contributed by atoms with Gasteiger partial charge in [-0.2, -0.15) is 0 Å². The summed E-state index contributed by atoms with van der Waals surface area (Å²) in [5.41, 5.74) is -0.782. The minimum atomic E-state index is -1.68. The van der Waals surface area contributed by atoms with Crippen LogP contribution in [0.1, 0.15) is 17.2 Å². The van der Waals surface area contributed by atoms with Gasteiger partial charge in [0.15, 0.2) is 0 Å². The summed E-state index contributed by atoms with van der Waals surface area (Å²) in [5, 5.41) is 9.88. The van der Waals surface area contributed by atoms with E-state index < -0.39 is 41.4 Å². The Kier molecular flexibility index (Phi) is 4.30. The van der Waals surface area contributed by atoms with E-state index in [1.807, 2.05) is 0 Å². The molecule has 1 nitrogen and oxygen atoms in total. The highest BCUT2D eigenvalue weighted by molar-refractivity contribution is 6.31. The average molecular weight is 305 g/mol. The van der Waals surface area contributed by atoms with Crippen molar-refractivity contribution in [2.24, 2.45) is 0 Å². The largest absolute Gasteiger partial charge is 0.388 e. The lowest BCUT2D eigenvalue weighted by Crippen LogP contribution is -2.09. The van der Waals surface area contributed by atoms with Gasteiger partial charge in [-0.3, -0.25) is 0 Å². The second-order valence-corrected chi connectivity index (χ2v) is 4.61. The molecule has 106 valence electrons. The maximum atomic E-state index is 13.5. The fraction of sp³-hybridized carbons (Fsp3) is 0.143. The van der Waals surface area contributed by atoms with Crippen LogP contribution < -0.4 is 0 Å². The molecule has 0 heterocycles. The van der Waals surface area contributed by atoms with Gasteiger partial charge in [0, 0.05) is 29.1 Å². The van der Waals surface area contributed by atoms with E-state index in [1.54, 1.807) is 0 Å². The number of aliphatic hydroxyl groups is 1. The topological polar surface area (TPSA) is 20.2 Å². The summed E-state index contributed by atoms with van der Waals surface area (Å²) in [7, 11) is 0. The molecular formula is C14H9ClF4O. The summed E-state index contributed by atoms with van der Waals surface area (Å²) in [5.74, 6) is -4.26. The van der Waals surface area contributed by atoms with Crippen LogP contribution in [-0.4, -0.2) is 5.11 Å². The van der Waals surface area contributed by atoms with Gasteiger partial charge in [-0.05, 0) is 12.1 Å². The Bertz CT molecular complexity index is 602. The van der Waals surface area contributed by atoms with Crippen LogP contribution in [0.15, 0.2) is 30.3 Å². The molecule has 0 aliphatic heterocycles. The zero-order chi connectivity index (χ0) is 14.9. The SMILES string of the molecule is OC(Cc1c(F)cccc1Cl)c1c(F)cc(F)cc1F. The second-order valence-electron chi connectivity index (χ2n) is 4.20. The predicted molar refractivity (Wildman–Crippen MR) is 66.4 cm³/mol. The first kappa shape index (κ1) is 14.8. The summed E-state index contributed by atoms with van der Waals surface area (Å²) in [6.07, 6.45) is -2.10. The standard InChI is InChI=1S/C14H9ClF4O/c15-9-2-1-3-10(17)8(9)6-13(20)14-11(18)4-7(16)5-12(14)19/h1-5,13,20H,6H2. The zero-order valence-corrected chi connectivity index (χ0v) is 10.8. The van der Waals surface area contributed by atoms with E-state index in [0.29, 0.717) is 12.1 Å². The first-order valence-corrected chi connectivity index (χ1v) is 6.03. The molecule has 0 fully saturated rings. The molecule has 0 radical (unpaired) electrons. The Morgan fingerprint density at radius 3 is 2.15 bits per heavy atom. The summed E-state index contributed by atoms with van der Waals surface area (Å²) in [4.78, 5) is 0. The molecule has 20 heavy (non-hydrogen) atoms. The van der Waals surface area contributed by atoms with E-state index in [0.717, 1.165) is 6.07 Å². The van der Waals surface area contributed by atoms with Gasteiger partial charge in [0.25, 0.3) is 0 Å². The van der Waals surface area contributed by atoms with Gasteiger partial charge in [0.2, 0.25) is 0 Å². The van der Waals surface area contributed by atoms with Crippen molar-refractivity contribution < 1.29 is 22.7 Å². The maximum absolute atomic E-state index is 13.5. The highest BCUT2D eigenvalue weighted by Crippen LogP contribution is 2.28. The summed E-state index contributed by atoms with van der Waals surface area (Å²) < 4.78 is 53.3. The molecule has 1 N–H and O–H groups in total. The Labute approximate surface area is 117 Å². The molecule has 0 aliphatic carbocycles. The molecule has 1 unspecified atom stereocenters. The summed E-state index contributed by atoms with van der Waals surface area (Å²) in [6, 6.07) is 4.77. The van der Waals surface area contributed by atoms with Crippen molar-refractivity contribution >= 4 is 11.6 Å². The van der Waals surface area contributed by atoms with E-state index >= 15 is 0 Å². The first-order chi connectivity index (χ1) is 9.40. The molecular weight excluding hydrogens is 296 g/mol. The predicted octanol–water partition coefficient (Wildman–Crippen LogP) is 4.17. The van der Waals surface area contributed by atoms with E-state index in [1.165, 1.54) is 12.1 Å². The van der Waals surface area contributed by atoms with E-state index in [9.17, 15) is 22.7 Å². The highest BCUT2D eigenvalue weighted by atomic mass is 35.5. The molecule has 2 rings (SSSR count). The molecule has 1 atom stereocenters. The number of hydrogen-bond donors (Lipinski definition) is 1. The molecule has 6 heteroatoms. The van der Waals surface area contributed by atoms with Gasteiger partial charge < -0.3 is 5.11 Å². The Balaban J connectivity index is 2.36. The van der Waals surface area contributed by atoms with Crippen LogP contribution in [0.4, 0.5) is 17.6 Å². The van der Waals surface area contributed by atoms with Gasteiger partial charge in [-0.1, -0.05) is 17.7 Å². The molecule has 0 bridgehead atoms. The molecule has 2 aromatic carbocycles. The normalized spacial score (nSPS) is 12.5. The lowest BCUT2D eigenvalue weighted by atomic mass is 10.00. The van der Waals surface area contributed by atoms with Crippen LogP contribution in [0.5, 0.6) is 0 Å². The lowest BCUT2D eigenvalue weighted by molar-refractivity contribution is 0.167. The van der Waals surface area contributed by atoms with Crippen LogP contribution in [-0.2, 0) is 6.42 Å². The van der Waals surface area contributed by atoms with E-state index in [4.69, 9.17) is 11.6 Å².